The Morgan fingerprint density at radius 2 is 1.95 bits per heavy atom. The van der Waals surface area contributed by atoms with Gasteiger partial charge < -0.3 is 5.11 Å². The van der Waals surface area contributed by atoms with Crippen molar-refractivity contribution >= 4 is 25.2 Å². The number of hydrogen-bond acceptors (Lipinski definition) is 3. The van der Waals surface area contributed by atoms with Crippen molar-refractivity contribution < 1.29 is 5.11 Å². The molecule has 4 heteroatoms. The summed E-state index contributed by atoms with van der Waals surface area (Å²) in [5.74, 6) is 0.218. The predicted octanol–water partition coefficient (Wildman–Crippen LogP) is 1.47. The Labute approximate surface area is 113 Å². The first-order valence-corrected chi connectivity index (χ1v) is 5.98. The van der Waals surface area contributed by atoms with Gasteiger partial charge >= 0.3 is 0 Å². The van der Waals surface area contributed by atoms with Gasteiger partial charge in [0.1, 0.15) is 13.6 Å². The lowest BCUT2D eigenvalue weighted by molar-refractivity contribution is 0.474. The van der Waals surface area contributed by atoms with Crippen LogP contribution < -0.4 is 5.46 Å². The molecule has 0 aromatic heterocycles. The molecule has 0 atom stereocenters. The first kappa shape index (κ1) is 12.9. The first-order chi connectivity index (χ1) is 9.19. The first-order valence-electron chi connectivity index (χ1n) is 5.98. The summed E-state index contributed by atoms with van der Waals surface area (Å²) in [5, 5.41) is 18.3. The molecule has 3 nitrogen and oxygen atoms in total. The summed E-state index contributed by atoms with van der Waals surface area (Å²) in [7, 11) is 1.97. The number of nitrogens with zero attached hydrogens (tertiary/aromatic N) is 2. The average Bonchev–Trinajstić information content (AvgIpc) is 2.42. The van der Waals surface area contributed by atoms with Gasteiger partial charge in [0.15, 0.2) is 0 Å². The van der Waals surface area contributed by atoms with Crippen LogP contribution in [0.25, 0.3) is 0 Å². The van der Waals surface area contributed by atoms with Gasteiger partial charge in [0.25, 0.3) is 0 Å². The molecule has 0 aliphatic rings. The normalized spacial score (nSPS) is 10.5. The molecule has 0 saturated heterocycles. The van der Waals surface area contributed by atoms with E-state index in [0.717, 1.165) is 16.7 Å². The third kappa shape index (κ3) is 3.46. The minimum atomic E-state index is 0.218. The van der Waals surface area contributed by atoms with E-state index in [1.54, 1.807) is 12.3 Å². The van der Waals surface area contributed by atoms with Crippen molar-refractivity contribution in [1.29, 1.82) is 5.26 Å². The summed E-state index contributed by atoms with van der Waals surface area (Å²) in [6.45, 7) is 0. The zero-order valence-corrected chi connectivity index (χ0v) is 10.7. The van der Waals surface area contributed by atoms with Gasteiger partial charge in [-0.1, -0.05) is 29.7 Å². The van der Waals surface area contributed by atoms with Crippen LogP contribution >= 0.6 is 0 Å². The molecule has 0 fully saturated rings. The molecule has 0 aliphatic carbocycles. The van der Waals surface area contributed by atoms with E-state index in [2.05, 4.69) is 11.1 Å². The van der Waals surface area contributed by atoms with Gasteiger partial charge in [0.05, 0.1) is 18.2 Å². The summed E-state index contributed by atoms with van der Waals surface area (Å²) in [4.78, 5) is 4.31. The van der Waals surface area contributed by atoms with Crippen LogP contribution in [0.15, 0.2) is 47.5 Å². The van der Waals surface area contributed by atoms with E-state index in [0.29, 0.717) is 12.0 Å². The molecule has 2 rings (SSSR count). The van der Waals surface area contributed by atoms with Crippen LogP contribution in [0.5, 0.6) is 5.75 Å². The van der Waals surface area contributed by atoms with E-state index in [1.165, 1.54) is 0 Å². The molecule has 2 aromatic carbocycles. The summed E-state index contributed by atoms with van der Waals surface area (Å²) < 4.78 is 0. The Hall–Kier alpha value is -2.54. The number of rotatable bonds is 3. The molecule has 19 heavy (non-hydrogen) atoms. The smallest absolute Gasteiger partial charge is 0.139 e. The van der Waals surface area contributed by atoms with Gasteiger partial charge in [0, 0.05) is 11.8 Å². The lowest BCUT2D eigenvalue weighted by Crippen LogP contribution is -2.02. The molecule has 0 aliphatic heterocycles. The Kier molecular flexibility index (Phi) is 3.99. The number of benzene rings is 2. The molecule has 0 spiro atoms. The molecule has 92 valence electrons. The Balaban J connectivity index is 2.18. The van der Waals surface area contributed by atoms with Crippen molar-refractivity contribution in [2.75, 3.05) is 0 Å². The topological polar surface area (TPSA) is 56.4 Å². The van der Waals surface area contributed by atoms with E-state index in [1.807, 2.05) is 44.2 Å². The second kappa shape index (κ2) is 5.88. The third-order valence-electron chi connectivity index (χ3n) is 2.76. The molecule has 1 N–H and O–H groups in total. The second-order valence-corrected chi connectivity index (χ2v) is 4.32. The number of nitriles is 1. The maximum Gasteiger partial charge on any atom is 0.139 e. The average molecular weight is 248 g/mol. The minimum absolute atomic E-state index is 0.218. The van der Waals surface area contributed by atoms with Gasteiger partial charge in [-0.3, -0.25) is 4.99 Å². The van der Waals surface area contributed by atoms with Gasteiger partial charge in [-0.05, 0) is 23.8 Å². The van der Waals surface area contributed by atoms with E-state index >= 15 is 0 Å². The van der Waals surface area contributed by atoms with Crippen LogP contribution in [0, 0.1) is 11.3 Å². The highest BCUT2D eigenvalue weighted by Crippen LogP contribution is 2.16. The number of aliphatic imine (C=N–C) groups is 1. The predicted molar refractivity (Wildman–Crippen MR) is 79.3 cm³/mol. The maximum atomic E-state index is 9.70. The number of phenols is 1. The van der Waals surface area contributed by atoms with E-state index in [-0.39, 0.29) is 5.75 Å². The monoisotopic (exact) mass is 248 g/mol. The highest BCUT2D eigenvalue weighted by Gasteiger charge is 1.98. The summed E-state index contributed by atoms with van der Waals surface area (Å²) >= 11 is 0. The Bertz CT molecular complexity index is 642. The lowest BCUT2D eigenvalue weighted by atomic mass is 9.94. The molecule has 0 bridgehead atoms. The number of aromatic hydroxyl groups is 1. The fraction of sp³-hybridized carbons (Fsp3) is 0.0667. The SMILES string of the molecule is Bc1ccc(O)c(/C=N/c2ccc(CC#N)cc2)c1. The minimum Gasteiger partial charge on any atom is -0.507 e. The summed E-state index contributed by atoms with van der Waals surface area (Å²) in [6, 6.07) is 15.0. The highest BCUT2D eigenvalue weighted by atomic mass is 16.3. The van der Waals surface area contributed by atoms with Gasteiger partial charge in [-0.15, -0.1) is 0 Å². The second-order valence-electron chi connectivity index (χ2n) is 4.32. The molecule has 2 aromatic rings. The highest BCUT2D eigenvalue weighted by molar-refractivity contribution is 6.32. The van der Waals surface area contributed by atoms with Crippen LogP contribution in [-0.4, -0.2) is 19.2 Å². The van der Waals surface area contributed by atoms with Crippen molar-refractivity contribution in [2.24, 2.45) is 4.99 Å². The third-order valence-corrected chi connectivity index (χ3v) is 2.76. The number of phenolic OH excluding ortho intramolecular Hbond substituents is 1. The van der Waals surface area contributed by atoms with Crippen molar-refractivity contribution in [2.45, 2.75) is 6.42 Å². The number of hydrogen-bond donors (Lipinski definition) is 1. The molecular weight excluding hydrogens is 235 g/mol. The molecular formula is C15H13BN2O. The Morgan fingerprint density at radius 1 is 1.21 bits per heavy atom. The van der Waals surface area contributed by atoms with Crippen molar-refractivity contribution in [3.05, 3.63) is 53.6 Å². The maximum absolute atomic E-state index is 9.70. The van der Waals surface area contributed by atoms with Crippen LogP contribution in [0.1, 0.15) is 11.1 Å². The van der Waals surface area contributed by atoms with Crippen LogP contribution in [0.2, 0.25) is 0 Å². The lowest BCUT2D eigenvalue weighted by Gasteiger charge is -2.00. The van der Waals surface area contributed by atoms with E-state index in [9.17, 15) is 5.11 Å². The van der Waals surface area contributed by atoms with Crippen LogP contribution in [0.4, 0.5) is 5.69 Å². The molecule has 0 amide bonds. The zero-order valence-electron chi connectivity index (χ0n) is 10.7. The van der Waals surface area contributed by atoms with Crippen LogP contribution in [-0.2, 0) is 6.42 Å². The fourth-order valence-electron chi connectivity index (χ4n) is 1.71. The molecule has 0 unspecified atom stereocenters. The zero-order chi connectivity index (χ0) is 13.7. The Morgan fingerprint density at radius 3 is 2.63 bits per heavy atom. The fourth-order valence-corrected chi connectivity index (χ4v) is 1.71. The van der Waals surface area contributed by atoms with Crippen molar-refractivity contribution in [1.82, 2.24) is 0 Å². The largest absolute Gasteiger partial charge is 0.507 e. The molecule has 0 radical (unpaired) electrons. The summed E-state index contributed by atoms with van der Waals surface area (Å²) in [6.07, 6.45) is 2.05. The van der Waals surface area contributed by atoms with Gasteiger partial charge in [-0.2, -0.15) is 5.26 Å². The van der Waals surface area contributed by atoms with Gasteiger partial charge in [0.2, 0.25) is 0 Å². The summed E-state index contributed by atoms with van der Waals surface area (Å²) in [5.41, 5.74) is 3.53. The molecule has 0 saturated carbocycles. The standard InChI is InChI=1S/C15H13BN2O/c16-13-3-6-15(19)12(9-13)10-18-14-4-1-11(2-5-14)7-8-17/h1-6,9-10,19H,7,16H2/b18-10+. The van der Waals surface area contributed by atoms with Gasteiger partial charge in [-0.25, -0.2) is 0 Å². The molecule has 0 heterocycles. The van der Waals surface area contributed by atoms with Crippen molar-refractivity contribution in [3.63, 3.8) is 0 Å². The van der Waals surface area contributed by atoms with E-state index in [4.69, 9.17) is 5.26 Å². The quantitative estimate of drug-likeness (QED) is 0.660. The van der Waals surface area contributed by atoms with Crippen LogP contribution in [0.3, 0.4) is 0 Å². The van der Waals surface area contributed by atoms with Crippen molar-refractivity contribution in [3.8, 4) is 11.8 Å². The van der Waals surface area contributed by atoms with E-state index < -0.39 is 0 Å².